The zero-order chi connectivity index (χ0) is 18.8. The molecule has 7 heteroatoms. The van der Waals surface area contributed by atoms with Crippen molar-refractivity contribution in [1.82, 2.24) is 9.97 Å². The summed E-state index contributed by atoms with van der Waals surface area (Å²) in [6.45, 7) is 1.45. The van der Waals surface area contributed by atoms with Gasteiger partial charge in [-0.2, -0.15) is 0 Å². The summed E-state index contributed by atoms with van der Waals surface area (Å²) in [6, 6.07) is 16.6. The Morgan fingerprint density at radius 2 is 1.89 bits per heavy atom. The molecule has 134 valence electrons. The van der Waals surface area contributed by atoms with Crippen LogP contribution < -0.4 is 10.1 Å². The molecule has 0 unspecified atom stereocenters. The van der Waals surface area contributed by atoms with Crippen molar-refractivity contribution in [3.05, 3.63) is 72.1 Å². The number of carbonyl (C=O) groups is 2. The third kappa shape index (κ3) is 3.73. The zero-order valence-electron chi connectivity index (χ0n) is 14.4. The minimum atomic E-state index is -0.345. The molecule has 4 rings (SSSR count). The maximum atomic E-state index is 12.3. The number of anilines is 1. The Morgan fingerprint density at radius 3 is 2.63 bits per heavy atom. The van der Waals surface area contributed by atoms with E-state index < -0.39 is 0 Å². The van der Waals surface area contributed by atoms with Crippen molar-refractivity contribution in [2.75, 3.05) is 5.32 Å². The molecular formula is C20H15N3O3S. The first-order valence-electron chi connectivity index (χ1n) is 8.23. The number of carbonyl (C=O) groups excluding carboxylic acids is 2. The van der Waals surface area contributed by atoms with Gasteiger partial charge in [0.1, 0.15) is 17.2 Å². The molecule has 0 bridgehead atoms. The highest BCUT2D eigenvalue weighted by Gasteiger charge is 2.13. The summed E-state index contributed by atoms with van der Waals surface area (Å²) in [7, 11) is 0. The monoisotopic (exact) mass is 377 g/mol. The van der Waals surface area contributed by atoms with Crippen LogP contribution in [0, 0.1) is 0 Å². The molecule has 0 fully saturated rings. The molecule has 0 radical (unpaired) electrons. The third-order valence-electron chi connectivity index (χ3n) is 3.89. The Bertz CT molecular complexity index is 1130. The number of rotatable bonds is 5. The molecule has 0 saturated carbocycles. The summed E-state index contributed by atoms with van der Waals surface area (Å²) in [5.41, 5.74) is 1.55. The fraction of sp³-hybridized carbons (Fsp3) is 0.0500. The van der Waals surface area contributed by atoms with Gasteiger partial charge in [-0.3, -0.25) is 14.9 Å². The highest BCUT2D eigenvalue weighted by molar-refractivity contribution is 7.22. The summed E-state index contributed by atoms with van der Waals surface area (Å²) in [6.07, 6.45) is 1.52. The molecule has 6 nitrogen and oxygen atoms in total. The first-order chi connectivity index (χ1) is 13.1. The van der Waals surface area contributed by atoms with Crippen LogP contribution in [0.25, 0.3) is 10.2 Å². The van der Waals surface area contributed by atoms with Crippen LogP contribution in [-0.2, 0) is 0 Å². The van der Waals surface area contributed by atoms with Gasteiger partial charge in [-0.15, -0.1) is 0 Å². The summed E-state index contributed by atoms with van der Waals surface area (Å²) in [5.74, 6) is 1.01. The van der Waals surface area contributed by atoms with Gasteiger partial charge in [0.05, 0.1) is 10.2 Å². The third-order valence-corrected chi connectivity index (χ3v) is 4.83. The van der Waals surface area contributed by atoms with Gasteiger partial charge in [0.15, 0.2) is 10.9 Å². The standard InChI is InChI=1S/C20H15N3O3S/c1-12(24)13-9-17(21-11-13)19(25)23-20-22-16-8-7-15(10-18(16)27-20)26-14-5-3-2-4-6-14/h2-11,21H,1H3,(H,22,23,25). The van der Waals surface area contributed by atoms with Gasteiger partial charge in [-0.25, -0.2) is 4.98 Å². The first-order valence-corrected chi connectivity index (χ1v) is 9.04. The average Bonchev–Trinajstić information content (AvgIpc) is 3.29. The molecule has 0 atom stereocenters. The molecule has 4 aromatic rings. The number of aromatic nitrogens is 2. The number of aromatic amines is 1. The van der Waals surface area contributed by atoms with Crippen molar-refractivity contribution < 1.29 is 14.3 Å². The maximum Gasteiger partial charge on any atom is 0.273 e. The molecule has 0 saturated heterocycles. The van der Waals surface area contributed by atoms with E-state index in [9.17, 15) is 9.59 Å². The number of benzene rings is 2. The number of para-hydroxylation sites is 1. The molecule has 0 spiro atoms. The van der Waals surface area contributed by atoms with E-state index in [4.69, 9.17) is 4.74 Å². The second-order valence-electron chi connectivity index (χ2n) is 5.88. The van der Waals surface area contributed by atoms with Gasteiger partial charge in [0, 0.05) is 17.8 Å². The number of thiazole rings is 1. The van der Waals surface area contributed by atoms with E-state index in [1.165, 1.54) is 30.5 Å². The minimum absolute atomic E-state index is 0.101. The molecule has 0 aliphatic rings. The highest BCUT2D eigenvalue weighted by Crippen LogP contribution is 2.31. The van der Waals surface area contributed by atoms with Crippen LogP contribution in [0.15, 0.2) is 60.8 Å². The van der Waals surface area contributed by atoms with Crippen LogP contribution in [0.4, 0.5) is 5.13 Å². The Labute approximate surface area is 158 Å². The van der Waals surface area contributed by atoms with Gasteiger partial charge in [-0.05, 0) is 37.3 Å². The second-order valence-corrected chi connectivity index (χ2v) is 6.91. The van der Waals surface area contributed by atoms with E-state index in [0.29, 0.717) is 22.1 Å². The van der Waals surface area contributed by atoms with Gasteiger partial charge >= 0.3 is 0 Å². The Hall–Kier alpha value is -3.45. The number of H-pyrrole nitrogens is 1. The zero-order valence-corrected chi connectivity index (χ0v) is 15.2. The Kier molecular flexibility index (Phi) is 4.43. The SMILES string of the molecule is CC(=O)c1c[nH]c(C(=O)Nc2nc3ccc(Oc4ccccc4)cc3s2)c1. The van der Waals surface area contributed by atoms with Crippen molar-refractivity contribution in [3.63, 3.8) is 0 Å². The Balaban J connectivity index is 1.52. The molecule has 2 aromatic heterocycles. The fourth-order valence-corrected chi connectivity index (χ4v) is 3.43. The minimum Gasteiger partial charge on any atom is -0.457 e. The molecule has 0 aliphatic heterocycles. The van der Waals surface area contributed by atoms with E-state index in [2.05, 4.69) is 15.3 Å². The van der Waals surface area contributed by atoms with Crippen LogP contribution in [0.2, 0.25) is 0 Å². The van der Waals surface area contributed by atoms with Crippen molar-refractivity contribution in [1.29, 1.82) is 0 Å². The normalized spacial score (nSPS) is 10.7. The number of ketones is 1. The molecule has 2 N–H and O–H groups in total. The van der Waals surface area contributed by atoms with Crippen molar-refractivity contribution in [2.24, 2.45) is 0 Å². The van der Waals surface area contributed by atoms with Crippen LogP contribution >= 0.6 is 11.3 Å². The fourth-order valence-electron chi connectivity index (χ4n) is 2.54. The lowest BCUT2D eigenvalue weighted by molar-refractivity contribution is 0.101. The molecular weight excluding hydrogens is 362 g/mol. The molecule has 0 aliphatic carbocycles. The van der Waals surface area contributed by atoms with E-state index >= 15 is 0 Å². The van der Waals surface area contributed by atoms with Gasteiger partial charge in [0.25, 0.3) is 5.91 Å². The van der Waals surface area contributed by atoms with Crippen molar-refractivity contribution in [3.8, 4) is 11.5 Å². The average molecular weight is 377 g/mol. The first kappa shape index (κ1) is 17.0. The number of fused-ring (bicyclic) bond motifs is 1. The van der Waals surface area contributed by atoms with E-state index in [1.807, 2.05) is 48.5 Å². The summed E-state index contributed by atoms with van der Waals surface area (Å²) >= 11 is 1.35. The van der Waals surface area contributed by atoms with Gasteiger partial charge < -0.3 is 9.72 Å². The topological polar surface area (TPSA) is 84.1 Å². The number of amides is 1. The number of nitrogens with zero attached hydrogens (tertiary/aromatic N) is 1. The molecule has 2 heterocycles. The molecule has 27 heavy (non-hydrogen) atoms. The summed E-state index contributed by atoms with van der Waals surface area (Å²) in [5, 5.41) is 3.23. The van der Waals surface area contributed by atoms with Crippen LogP contribution in [0.1, 0.15) is 27.8 Å². The van der Waals surface area contributed by atoms with E-state index in [-0.39, 0.29) is 11.7 Å². The molecule has 1 amide bonds. The largest absolute Gasteiger partial charge is 0.457 e. The van der Waals surface area contributed by atoms with Crippen LogP contribution in [-0.4, -0.2) is 21.7 Å². The maximum absolute atomic E-state index is 12.3. The van der Waals surface area contributed by atoms with Crippen molar-refractivity contribution >= 4 is 38.4 Å². The van der Waals surface area contributed by atoms with E-state index in [0.717, 1.165) is 16.0 Å². The predicted octanol–water partition coefficient (Wildman–Crippen LogP) is 4.87. The van der Waals surface area contributed by atoms with Gasteiger partial charge in [0.2, 0.25) is 0 Å². The lowest BCUT2D eigenvalue weighted by Crippen LogP contribution is -2.11. The highest BCUT2D eigenvalue weighted by atomic mass is 32.1. The molecule has 2 aromatic carbocycles. The predicted molar refractivity (Wildman–Crippen MR) is 105 cm³/mol. The van der Waals surface area contributed by atoms with Crippen molar-refractivity contribution in [2.45, 2.75) is 6.92 Å². The van der Waals surface area contributed by atoms with E-state index in [1.54, 1.807) is 0 Å². The van der Waals surface area contributed by atoms with Crippen LogP contribution in [0.3, 0.4) is 0 Å². The number of nitrogens with one attached hydrogen (secondary N) is 2. The number of Topliss-reactive ketones (excluding diaryl/α,β-unsaturated/α-hetero) is 1. The number of ether oxygens (including phenoxy) is 1. The summed E-state index contributed by atoms with van der Waals surface area (Å²) in [4.78, 5) is 30.9. The number of hydrogen-bond donors (Lipinski definition) is 2. The number of hydrogen-bond acceptors (Lipinski definition) is 5. The van der Waals surface area contributed by atoms with Crippen LogP contribution in [0.5, 0.6) is 11.5 Å². The van der Waals surface area contributed by atoms with Gasteiger partial charge in [-0.1, -0.05) is 29.5 Å². The Morgan fingerprint density at radius 1 is 1.07 bits per heavy atom. The second kappa shape index (κ2) is 7.05. The lowest BCUT2D eigenvalue weighted by Gasteiger charge is -2.04. The quantitative estimate of drug-likeness (QED) is 0.486. The summed E-state index contributed by atoms with van der Waals surface area (Å²) < 4.78 is 6.72. The smallest absolute Gasteiger partial charge is 0.273 e. The lowest BCUT2D eigenvalue weighted by atomic mass is 10.2.